The van der Waals surface area contributed by atoms with Crippen LogP contribution in [0.5, 0.6) is 0 Å². The van der Waals surface area contributed by atoms with E-state index in [1.165, 1.54) is 0 Å². The number of likely N-dealkylation sites (tertiary alicyclic amines) is 1. The minimum absolute atomic E-state index is 0.0368. The highest BCUT2D eigenvalue weighted by Gasteiger charge is 2.39. The maximum atomic E-state index is 11.8. The monoisotopic (exact) mass is 212 g/mol. The van der Waals surface area contributed by atoms with Gasteiger partial charge < -0.3 is 15.7 Å². The molecule has 5 nitrogen and oxygen atoms in total. The minimum atomic E-state index is -0.804. The molecule has 1 amide bonds. The zero-order valence-corrected chi connectivity index (χ0v) is 8.56. The molecule has 0 aromatic rings. The van der Waals surface area contributed by atoms with Gasteiger partial charge in [-0.1, -0.05) is 0 Å². The van der Waals surface area contributed by atoms with Crippen LogP contribution >= 0.6 is 0 Å². The lowest BCUT2D eigenvalue weighted by Gasteiger charge is -2.38. The fraction of sp³-hybridized carbons (Fsp3) is 0.800. The predicted molar refractivity (Wildman–Crippen MR) is 53.0 cm³/mol. The fourth-order valence-electron chi connectivity index (χ4n) is 2.31. The summed E-state index contributed by atoms with van der Waals surface area (Å²) in [5, 5.41) is 8.68. The highest BCUT2D eigenvalue weighted by Crippen LogP contribution is 2.28. The molecule has 5 heteroatoms. The van der Waals surface area contributed by atoms with Crippen molar-refractivity contribution in [3.05, 3.63) is 0 Å². The third-order valence-corrected chi connectivity index (χ3v) is 3.36. The molecule has 0 bridgehead atoms. The number of aliphatic carboxylic acids is 1. The second-order valence-corrected chi connectivity index (χ2v) is 4.55. The fourth-order valence-corrected chi connectivity index (χ4v) is 2.31. The van der Waals surface area contributed by atoms with Crippen LogP contribution < -0.4 is 5.73 Å². The van der Waals surface area contributed by atoms with Crippen molar-refractivity contribution in [2.75, 3.05) is 13.1 Å². The topological polar surface area (TPSA) is 83.6 Å². The Kier molecular flexibility index (Phi) is 2.65. The maximum absolute atomic E-state index is 11.8. The van der Waals surface area contributed by atoms with E-state index >= 15 is 0 Å². The van der Waals surface area contributed by atoms with Crippen molar-refractivity contribution in [2.45, 2.75) is 25.3 Å². The molecule has 2 fully saturated rings. The molecule has 2 aliphatic rings. The van der Waals surface area contributed by atoms with Gasteiger partial charge in [0.1, 0.15) is 0 Å². The van der Waals surface area contributed by atoms with Crippen LogP contribution in [0.2, 0.25) is 0 Å². The Bertz CT molecular complexity index is 286. The van der Waals surface area contributed by atoms with Crippen LogP contribution in [0.15, 0.2) is 0 Å². The van der Waals surface area contributed by atoms with Gasteiger partial charge >= 0.3 is 5.97 Å². The van der Waals surface area contributed by atoms with Crippen molar-refractivity contribution >= 4 is 11.9 Å². The number of rotatable bonds is 2. The van der Waals surface area contributed by atoms with Crippen LogP contribution in [0.25, 0.3) is 0 Å². The molecule has 15 heavy (non-hydrogen) atoms. The Labute approximate surface area is 88.2 Å². The summed E-state index contributed by atoms with van der Waals surface area (Å²) in [6.07, 6.45) is 2.52. The molecule has 2 unspecified atom stereocenters. The Hall–Kier alpha value is -1.10. The van der Waals surface area contributed by atoms with Gasteiger partial charge in [0.2, 0.25) is 5.91 Å². The van der Waals surface area contributed by atoms with E-state index in [0.29, 0.717) is 13.1 Å². The number of nitrogens with two attached hydrogens (primary N) is 1. The normalized spacial score (nSPS) is 31.4. The Balaban J connectivity index is 1.81. The molecule has 3 N–H and O–H groups in total. The molecule has 0 spiro atoms. The summed E-state index contributed by atoms with van der Waals surface area (Å²) in [7, 11) is 0. The third-order valence-electron chi connectivity index (χ3n) is 3.36. The van der Waals surface area contributed by atoms with Crippen molar-refractivity contribution in [3.63, 3.8) is 0 Å². The summed E-state index contributed by atoms with van der Waals surface area (Å²) in [6.45, 7) is 0.750. The van der Waals surface area contributed by atoms with Crippen LogP contribution in [0.3, 0.4) is 0 Å². The average Bonchev–Trinajstić information content (AvgIpc) is 2.48. The molecule has 0 aromatic carbocycles. The van der Waals surface area contributed by atoms with E-state index in [9.17, 15) is 9.59 Å². The summed E-state index contributed by atoms with van der Waals surface area (Å²) in [4.78, 5) is 24.0. The molecule has 84 valence electrons. The molecule has 1 saturated heterocycles. The van der Waals surface area contributed by atoms with Gasteiger partial charge in [0.25, 0.3) is 0 Å². The van der Waals surface area contributed by atoms with Gasteiger partial charge in [0.05, 0.1) is 5.92 Å². The maximum Gasteiger partial charge on any atom is 0.310 e. The lowest BCUT2D eigenvalue weighted by molar-refractivity contribution is -0.154. The first-order valence-corrected chi connectivity index (χ1v) is 5.35. The van der Waals surface area contributed by atoms with Crippen LogP contribution in [-0.2, 0) is 9.59 Å². The number of carboxylic acids is 1. The standard InChI is InChI=1S/C10H16N2O3/c11-8-2-1-6(3-8)9(13)12-4-7(5-12)10(14)15/h6-8H,1-5,11H2,(H,14,15). The van der Waals surface area contributed by atoms with Gasteiger partial charge in [0.15, 0.2) is 0 Å². The zero-order valence-electron chi connectivity index (χ0n) is 8.56. The lowest BCUT2D eigenvalue weighted by atomic mass is 9.96. The van der Waals surface area contributed by atoms with Gasteiger partial charge in [0, 0.05) is 25.0 Å². The quantitative estimate of drug-likeness (QED) is 0.655. The van der Waals surface area contributed by atoms with Gasteiger partial charge in [-0.25, -0.2) is 0 Å². The Morgan fingerprint density at radius 1 is 1.20 bits per heavy atom. The largest absolute Gasteiger partial charge is 0.481 e. The molecule has 1 aliphatic heterocycles. The van der Waals surface area contributed by atoms with Crippen LogP contribution in [0.4, 0.5) is 0 Å². The first-order chi connectivity index (χ1) is 7.08. The smallest absolute Gasteiger partial charge is 0.310 e. The van der Waals surface area contributed by atoms with E-state index in [4.69, 9.17) is 10.8 Å². The number of hydrogen-bond acceptors (Lipinski definition) is 3. The molecule has 0 aromatic heterocycles. The first-order valence-electron chi connectivity index (χ1n) is 5.35. The highest BCUT2D eigenvalue weighted by atomic mass is 16.4. The number of carbonyl (C=O) groups excluding carboxylic acids is 1. The molecule has 2 rings (SSSR count). The number of amides is 1. The summed E-state index contributed by atoms with van der Waals surface area (Å²) >= 11 is 0. The number of nitrogens with zero attached hydrogens (tertiary/aromatic N) is 1. The second kappa shape index (κ2) is 3.81. The molecule has 2 atom stereocenters. The van der Waals surface area contributed by atoms with Crippen molar-refractivity contribution in [3.8, 4) is 0 Å². The predicted octanol–water partition coefficient (Wildman–Crippen LogP) is -0.343. The minimum Gasteiger partial charge on any atom is -0.481 e. The molecule has 0 radical (unpaired) electrons. The second-order valence-electron chi connectivity index (χ2n) is 4.55. The van der Waals surface area contributed by atoms with E-state index in [0.717, 1.165) is 19.3 Å². The summed E-state index contributed by atoms with van der Waals surface area (Å²) < 4.78 is 0. The Morgan fingerprint density at radius 2 is 1.87 bits per heavy atom. The summed E-state index contributed by atoms with van der Waals surface area (Å²) in [5.41, 5.74) is 5.73. The van der Waals surface area contributed by atoms with Gasteiger partial charge in [-0.3, -0.25) is 9.59 Å². The molecule has 1 heterocycles. The molecule has 1 saturated carbocycles. The molecular formula is C10H16N2O3. The summed E-state index contributed by atoms with van der Waals surface area (Å²) in [6, 6.07) is 0.149. The Morgan fingerprint density at radius 3 is 2.33 bits per heavy atom. The molecule has 1 aliphatic carbocycles. The van der Waals surface area contributed by atoms with Gasteiger partial charge in [-0.2, -0.15) is 0 Å². The van der Waals surface area contributed by atoms with Crippen LogP contribution in [0, 0.1) is 11.8 Å². The number of carboxylic acid groups (broad SMARTS) is 1. The summed E-state index contributed by atoms with van der Waals surface area (Å²) in [5.74, 6) is -1.03. The molecular weight excluding hydrogens is 196 g/mol. The van der Waals surface area contributed by atoms with E-state index in [1.54, 1.807) is 4.90 Å². The van der Waals surface area contributed by atoms with Crippen molar-refractivity contribution in [1.29, 1.82) is 0 Å². The van der Waals surface area contributed by atoms with E-state index < -0.39 is 5.97 Å². The van der Waals surface area contributed by atoms with Crippen molar-refractivity contribution in [2.24, 2.45) is 17.6 Å². The average molecular weight is 212 g/mol. The van der Waals surface area contributed by atoms with E-state index in [2.05, 4.69) is 0 Å². The van der Waals surface area contributed by atoms with E-state index in [1.807, 2.05) is 0 Å². The van der Waals surface area contributed by atoms with Crippen molar-refractivity contribution in [1.82, 2.24) is 4.90 Å². The lowest BCUT2D eigenvalue weighted by Crippen LogP contribution is -2.54. The first kappa shape index (κ1) is 10.4. The third kappa shape index (κ3) is 1.97. The zero-order chi connectivity index (χ0) is 11.0. The van der Waals surface area contributed by atoms with Crippen molar-refractivity contribution < 1.29 is 14.7 Å². The number of carbonyl (C=O) groups is 2. The van der Waals surface area contributed by atoms with Crippen LogP contribution in [-0.4, -0.2) is 41.0 Å². The number of hydrogen-bond donors (Lipinski definition) is 2. The van der Waals surface area contributed by atoms with E-state index in [-0.39, 0.29) is 23.8 Å². The van der Waals surface area contributed by atoms with Gasteiger partial charge in [-0.15, -0.1) is 0 Å². The van der Waals surface area contributed by atoms with Gasteiger partial charge in [-0.05, 0) is 19.3 Å². The SMILES string of the molecule is NC1CCC(C(=O)N2CC(C(=O)O)C2)C1. The highest BCUT2D eigenvalue weighted by molar-refractivity contribution is 5.83. The van der Waals surface area contributed by atoms with Crippen LogP contribution in [0.1, 0.15) is 19.3 Å².